The zero-order valence-corrected chi connectivity index (χ0v) is 20.7. The van der Waals surface area contributed by atoms with Crippen LogP contribution in [0.5, 0.6) is 5.75 Å². The Morgan fingerprint density at radius 2 is 1.71 bits per heavy atom. The van der Waals surface area contributed by atoms with Crippen LogP contribution in [0.4, 0.5) is 16.4 Å². The number of nitrogen functional groups attached to an aromatic ring is 1. The van der Waals surface area contributed by atoms with Crippen LogP contribution in [0.15, 0.2) is 82.6 Å². The summed E-state index contributed by atoms with van der Waals surface area (Å²) >= 11 is 6.93. The Balaban J connectivity index is 1.87. The molecule has 0 unspecified atom stereocenters. The Kier molecular flexibility index (Phi) is 6.65. The third-order valence-corrected chi connectivity index (χ3v) is 8.50. The van der Waals surface area contributed by atoms with E-state index in [4.69, 9.17) is 22.1 Å². The summed E-state index contributed by atoms with van der Waals surface area (Å²) in [6.45, 7) is 1.87. The van der Waals surface area contributed by atoms with Crippen molar-refractivity contribution >= 4 is 54.9 Å². The molecule has 6 nitrogen and oxygen atoms in total. The summed E-state index contributed by atoms with van der Waals surface area (Å²) in [6, 6.07) is 19.8. The van der Waals surface area contributed by atoms with Gasteiger partial charge in [-0.15, -0.1) is 11.3 Å². The van der Waals surface area contributed by atoms with Gasteiger partial charge in [0.05, 0.1) is 17.7 Å². The average Bonchev–Trinajstić information content (AvgIpc) is 3.15. The van der Waals surface area contributed by atoms with Gasteiger partial charge in [-0.1, -0.05) is 35.4 Å². The molecule has 0 saturated carbocycles. The molecule has 0 aliphatic rings. The fourth-order valence-corrected chi connectivity index (χ4v) is 6.41. The van der Waals surface area contributed by atoms with Crippen molar-refractivity contribution in [1.29, 1.82) is 0 Å². The molecule has 0 amide bonds. The lowest BCUT2D eigenvalue weighted by Gasteiger charge is -2.10. The quantitative estimate of drug-likeness (QED) is 0.290. The first-order valence-corrected chi connectivity index (χ1v) is 12.8. The van der Waals surface area contributed by atoms with E-state index in [0.29, 0.717) is 22.0 Å². The number of rotatable bonds is 7. The summed E-state index contributed by atoms with van der Waals surface area (Å²) in [5.74, 6) is 0.202. The van der Waals surface area contributed by atoms with E-state index < -0.39 is 15.6 Å². The molecule has 0 fully saturated rings. The topological polar surface area (TPSA) is 98.5 Å². The fourth-order valence-electron chi connectivity index (χ4n) is 3.35. The van der Waals surface area contributed by atoms with E-state index in [1.54, 1.807) is 67.8 Å². The molecule has 0 spiro atoms. The van der Waals surface area contributed by atoms with Crippen molar-refractivity contribution in [2.45, 2.75) is 16.7 Å². The molecule has 3 N–H and O–H groups in total. The monoisotopic (exact) mass is 512 g/mol. The number of benzene rings is 3. The number of anilines is 3. The molecule has 0 aliphatic heterocycles. The molecule has 1 heterocycles. The predicted octanol–water partition coefficient (Wildman–Crippen LogP) is 6.11. The van der Waals surface area contributed by atoms with Gasteiger partial charge in [-0.3, -0.25) is 4.79 Å². The Bertz CT molecular complexity index is 1460. The van der Waals surface area contributed by atoms with Crippen LogP contribution in [-0.2, 0) is 9.84 Å². The van der Waals surface area contributed by atoms with Crippen LogP contribution >= 0.6 is 22.9 Å². The number of carbonyl (C=O) groups is 1. The molecule has 3 aromatic carbocycles. The Morgan fingerprint density at radius 3 is 2.35 bits per heavy atom. The number of hydrogen-bond donors (Lipinski definition) is 2. The Labute approximate surface area is 206 Å². The predicted molar refractivity (Wildman–Crippen MR) is 137 cm³/mol. The van der Waals surface area contributed by atoms with Gasteiger partial charge in [0, 0.05) is 22.3 Å². The summed E-state index contributed by atoms with van der Waals surface area (Å²) in [6.07, 6.45) is 0. The van der Waals surface area contributed by atoms with Gasteiger partial charge in [0.1, 0.15) is 20.5 Å². The average molecular weight is 513 g/mol. The van der Waals surface area contributed by atoms with Crippen molar-refractivity contribution < 1.29 is 17.9 Å². The van der Waals surface area contributed by atoms with E-state index in [1.807, 2.05) is 6.92 Å². The standard InChI is InChI=1S/C25H21ClN2O4S2/c1-15-6-12-20(13-7-15)34(30,31)24-21(27)23(22(29)16-8-10-17(26)11-9-16)33-25(24)28-18-4-3-5-19(14-18)32-2/h3-14,28H,27H2,1-2H3. The number of hydrogen-bond acceptors (Lipinski definition) is 7. The van der Waals surface area contributed by atoms with E-state index in [2.05, 4.69) is 5.32 Å². The minimum atomic E-state index is -4.04. The Hall–Kier alpha value is -3.33. The van der Waals surface area contributed by atoms with Crippen LogP contribution in [0.3, 0.4) is 0 Å². The molecular formula is C25H21ClN2O4S2. The van der Waals surface area contributed by atoms with E-state index in [1.165, 1.54) is 12.1 Å². The lowest BCUT2D eigenvalue weighted by molar-refractivity contribution is 0.104. The highest BCUT2D eigenvalue weighted by Gasteiger charge is 2.31. The second-order valence-electron chi connectivity index (χ2n) is 7.51. The summed E-state index contributed by atoms with van der Waals surface area (Å²) in [5, 5.41) is 3.84. The number of methoxy groups -OCH3 is 1. The molecule has 9 heteroatoms. The number of thiophene rings is 1. The zero-order chi connectivity index (χ0) is 24.5. The van der Waals surface area contributed by atoms with E-state index in [9.17, 15) is 13.2 Å². The molecule has 0 atom stereocenters. The molecule has 4 aromatic rings. The van der Waals surface area contributed by atoms with Gasteiger partial charge in [0.2, 0.25) is 15.6 Å². The third-order valence-electron chi connectivity index (χ3n) is 5.14. The van der Waals surface area contributed by atoms with Crippen LogP contribution in [0.2, 0.25) is 5.02 Å². The van der Waals surface area contributed by atoms with E-state index in [0.717, 1.165) is 16.9 Å². The second-order valence-corrected chi connectivity index (χ2v) is 10.9. The van der Waals surface area contributed by atoms with Crippen molar-refractivity contribution in [3.63, 3.8) is 0 Å². The van der Waals surface area contributed by atoms with Gasteiger partial charge in [-0.25, -0.2) is 8.42 Å². The van der Waals surface area contributed by atoms with Crippen molar-refractivity contribution in [3.05, 3.63) is 93.8 Å². The number of sulfone groups is 1. The highest BCUT2D eigenvalue weighted by atomic mass is 35.5. The summed E-state index contributed by atoms with van der Waals surface area (Å²) in [5.41, 5.74) is 8.12. The molecular weight excluding hydrogens is 492 g/mol. The third kappa shape index (κ3) is 4.65. The van der Waals surface area contributed by atoms with Crippen molar-refractivity contribution in [2.24, 2.45) is 0 Å². The molecule has 0 aliphatic carbocycles. The number of nitrogens with one attached hydrogen (secondary N) is 1. The fraction of sp³-hybridized carbons (Fsp3) is 0.0800. The van der Waals surface area contributed by atoms with Crippen LogP contribution < -0.4 is 15.8 Å². The van der Waals surface area contributed by atoms with Gasteiger partial charge < -0.3 is 15.8 Å². The number of aryl methyl sites for hydroxylation is 1. The first-order chi connectivity index (χ1) is 16.2. The largest absolute Gasteiger partial charge is 0.497 e. The maximum absolute atomic E-state index is 13.7. The van der Waals surface area contributed by atoms with Crippen molar-refractivity contribution in [1.82, 2.24) is 0 Å². The van der Waals surface area contributed by atoms with Gasteiger partial charge in [0.15, 0.2) is 0 Å². The second kappa shape index (κ2) is 9.50. The summed E-state index contributed by atoms with van der Waals surface area (Å²) in [7, 11) is -2.50. The lowest BCUT2D eigenvalue weighted by atomic mass is 10.1. The minimum absolute atomic E-state index is 0.0850. The highest BCUT2D eigenvalue weighted by Crippen LogP contribution is 2.44. The molecule has 34 heavy (non-hydrogen) atoms. The van der Waals surface area contributed by atoms with Crippen LogP contribution in [0.25, 0.3) is 0 Å². The molecule has 4 rings (SSSR count). The van der Waals surface area contributed by atoms with Crippen LogP contribution in [-0.4, -0.2) is 21.3 Å². The zero-order valence-electron chi connectivity index (χ0n) is 18.3. The molecule has 0 bridgehead atoms. The normalized spacial score (nSPS) is 11.3. The number of nitrogens with two attached hydrogens (primary N) is 1. The van der Waals surface area contributed by atoms with Crippen LogP contribution in [0.1, 0.15) is 20.8 Å². The van der Waals surface area contributed by atoms with Crippen molar-refractivity contribution in [3.8, 4) is 5.75 Å². The first kappa shape index (κ1) is 23.8. The maximum atomic E-state index is 13.7. The number of carbonyl (C=O) groups excluding carboxylic acids is 1. The van der Waals surface area contributed by atoms with Crippen LogP contribution in [0, 0.1) is 6.92 Å². The summed E-state index contributed by atoms with van der Waals surface area (Å²) < 4.78 is 32.6. The first-order valence-electron chi connectivity index (χ1n) is 10.2. The number of ether oxygens (including phenoxy) is 1. The molecule has 0 radical (unpaired) electrons. The number of halogens is 1. The van der Waals surface area contributed by atoms with E-state index in [-0.39, 0.29) is 25.4 Å². The number of ketones is 1. The van der Waals surface area contributed by atoms with Gasteiger partial charge in [-0.05, 0) is 55.5 Å². The lowest BCUT2D eigenvalue weighted by Crippen LogP contribution is -2.08. The smallest absolute Gasteiger partial charge is 0.211 e. The molecule has 1 aromatic heterocycles. The van der Waals surface area contributed by atoms with Gasteiger partial charge in [0.25, 0.3) is 0 Å². The molecule has 0 saturated heterocycles. The minimum Gasteiger partial charge on any atom is -0.497 e. The summed E-state index contributed by atoms with van der Waals surface area (Å²) in [4.78, 5) is 13.3. The van der Waals surface area contributed by atoms with Gasteiger partial charge in [-0.2, -0.15) is 0 Å². The van der Waals surface area contributed by atoms with E-state index >= 15 is 0 Å². The highest BCUT2D eigenvalue weighted by molar-refractivity contribution is 7.92. The SMILES string of the molecule is COc1cccc(Nc2sc(C(=O)c3ccc(Cl)cc3)c(N)c2S(=O)(=O)c2ccc(C)cc2)c1. The maximum Gasteiger partial charge on any atom is 0.211 e. The molecule has 174 valence electrons. The Morgan fingerprint density at radius 1 is 1.03 bits per heavy atom. The van der Waals surface area contributed by atoms with Crippen molar-refractivity contribution in [2.75, 3.05) is 18.2 Å². The van der Waals surface area contributed by atoms with Gasteiger partial charge >= 0.3 is 0 Å².